The van der Waals surface area contributed by atoms with Gasteiger partial charge < -0.3 is 10.2 Å². The first-order valence-electron chi connectivity index (χ1n) is 3.13. The van der Waals surface area contributed by atoms with E-state index in [-0.39, 0.29) is 5.54 Å². The predicted molar refractivity (Wildman–Crippen MR) is 33.8 cm³/mol. The summed E-state index contributed by atoms with van der Waals surface area (Å²) in [4.78, 5) is 0. The van der Waals surface area contributed by atoms with Gasteiger partial charge in [-0.15, -0.1) is 0 Å². The van der Waals surface area contributed by atoms with Crippen LogP contribution in [0.3, 0.4) is 0 Å². The van der Waals surface area contributed by atoms with Crippen LogP contribution in [0.4, 0.5) is 0 Å². The second-order valence-electron chi connectivity index (χ2n) is 2.67. The molecule has 0 aromatic carbocycles. The minimum atomic E-state index is -0.0208. The summed E-state index contributed by atoms with van der Waals surface area (Å²) in [6, 6.07) is 1.94. The Morgan fingerprint density at radius 1 is 1.56 bits per heavy atom. The Kier molecular flexibility index (Phi) is 0.781. The highest BCUT2D eigenvalue weighted by Crippen LogP contribution is 2.42. The summed E-state index contributed by atoms with van der Waals surface area (Å²) in [6.07, 6.45) is 5.61. The third-order valence-corrected chi connectivity index (χ3v) is 1.88. The Morgan fingerprint density at radius 3 is 2.78 bits per heavy atom. The smallest absolute Gasteiger partial charge is 0.0953 e. The first-order chi connectivity index (χ1) is 4.31. The third kappa shape index (κ3) is 0.669. The van der Waals surface area contributed by atoms with Crippen LogP contribution in [0.15, 0.2) is 23.0 Å². The fraction of sp³-hybridized carbons (Fsp3) is 0.429. The van der Waals surface area contributed by atoms with Gasteiger partial charge in [-0.05, 0) is 18.9 Å². The molecule has 9 heavy (non-hydrogen) atoms. The second-order valence-corrected chi connectivity index (χ2v) is 2.67. The molecular formula is C7H9NO. The number of nitrogens with two attached hydrogens (primary N) is 1. The van der Waals surface area contributed by atoms with E-state index in [0.717, 1.165) is 18.4 Å². The lowest BCUT2D eigenvalue weighted by atomic mass is 10.1. The molecule has 0 radical (unpaired) electrons. The Hall–Kier alpha value is -0.760. The van der Waals surface area contributed by atoms with Crippen LogP contribution in [0.25, 0.3) is 0 Å². The Balaban J connectivity index is 2.34. The van der Waals surface area contributed by atoms with E-state index in [9.17, 15) is 0 Å². The first kappa shape index (κ1) is 5.06. The zero-order valence-corrected chi connectivity index (χ0v) is 5.13. The monoisotopic (exact) mass is 123 g/mol. The van der Waals surface area contributed by atoms with E-state index in [1.165, 1.54) is 0 Å². The summed E-state index contributed by atoms with van der Waals surface area (Å²) in [7, 11) is 0. The largest absolute Gasteiger partial charge is 0.472 e. The summed E-state index contributed by atoms with van der Waals surface area (Å²) in [5, 5.41) is 0. The molecule has 0 unspecified atom stereocenters. The lowest BCUT2D eigenvalue weighted by Crippen LogP contribution is -2.17. The van der Waals surface area contributed by atoms with Gasteiger partial charge in [-0.1, -0.05) is 0 Å². The van der Waals surface area contributed by atoms with Crippen LogP contribution < -0.4 is 5.73 Å². The normalized spacial score (nSPS) is 21.9. The van der Waals surface area contributed by atoms with E-state index in [4.69, 9.17) is 10.2 Å². The maximum Gasteiger partial charge on any atom is 0.0953 e. The van der Waals surface area contributed by atoms with Gasteiger partial charge in [0.1, 0.15) is 0 Å². The van der Waals surface area contributed by atoms with Crippen LogP contribution in [-0.2, 0) is 5.54 Å². The summed E-state index contributed by atoms with van der Waals surface area (Å²) < 4.78 is 4.90. The molecular weight excluding hydrogens is 114 g/mol. The molecule has 1 aromatic rings. The maximum absolute atomic E-state index is 5.85. The van der Waals surface area contributed by atoms with Crippen molar-refractivity contribution in [2.24, 2.45) is 5.73 Å². The van der Waals surface area contributed by atoms with Gasteiger partial charge in [0, 0.05) is 11.1 Å². The quantitative estimate of drug-likeness (QED) is 0.610. The van der Waals surface area contributed by atoms with Crippen LogP contribution in [-0.4, -0.2) is 0 Å². The van der Waals surface area contributed by atoms with E-state index < -0.39 is 0 Å². The zero-order chi connectivity index (χ0) is 6.32. The molecule has 0 spiro atoms. The van der Waals surface area contributed by atoms with Crippen molar-refractivity contribution in [1.82, 2.24) is 0 Å². The fourth-order valence-corrected chi connectivity index (χ4v) is 0.971. The summed E-state index contributed by atoms with van der Waals surface area (Å²) in [5.41, 5.74) is 6.97. The van der Waals surface area contributed by atoms with E-state index in [0.29, 0.717) is 0 Å². The highest BCUT2D eigenvalue weighted by atomic mass is 16.3. The van der Waals surface area contributed by atoms with Gasteiger partial charge >= 0.3 is 0 Å². The zero-order valence-electron chi connectivity index (χ0n) is 5.13. The van der Waals surface area contributed by atoms with Crippen LogP contribution in [0, 0.1) is 0 Å². The van der Waals surface area contributed by atoms with Crippen LogP contribution in [0.1, 0.15) is 18.4 Å². The predicted octanol–water partition coefficient (Wildman–Crippen LogP) is 1.23. The standard InChI is InChI=1S/C7H9NO/c8-7(2-3-7)6-1-4-9-5-6/h1,4-5H,2-3,8H2. The fourth-order valence-electron chi connectivity index (χ4n) is 0.971. The van der Waals surface area contributed by atoms with Crippen molar-refractivity contribution in [3.8, 4) is 0 Å². The van der Waals surface area contributed by atoms with Crippen molar-refractivity contribution in [3.63, 3.8) is 0 Å². The minimum Gasteiger partial charge on any atom is -0.472 e. The molecule has 1 heterocycles. The molecule has 0 saturated heterocycles. The van der Waals surface area contributed by atoms with Gasteiger partial charge in [-0.2, -0.15) is 0 Å². The number of hydrogen-bond acceptors (Lipinski definition) is 2. The van der Waals surface area contributed by atoms with Crippen molar-refractivity contribution in [3.05, 3.63) is 24.2 Å². The maximum atomic E-state index is 5.85. The van der Waals surface area contributed by atoms with Crippen molar-refractivity contribution in [1.29, 1.82) is 0 Å². The first-order valence-corrected chi connectivity index (χ1v) is 3.13. The van der Waals surface area contributed by atoms with Crippen molar-refractivity contribution < 1.29 is 4.42 Å². The van der Waals surface area contributed by atoms with Gasteiger partial charge in [0.25, 0.3) is 0 Å². The van der Waals surface area contributed by atoms with Gasteiger partial charge in [0.05, 0.1) is 12.5 Å². The van der Waals surface area contributed by atoms with Gasteiger partial charge in [0.15, 0.2) is 0 Å². The SMILES string of the molecule is NC1(c2ccoc2)CC1. The molecule has 1 aromatic heterocycles. The van der Waals surface area contributed by atoms with E-state index in [1.54, 1.807) is 12.5 Å². The Bertz CT molecular complexity index is 199. The van der Waals surface area contributed by atoms with Crippen molar-refractivity contribution >= 4 is 0 Å². The molecule has 2 rings (SSSR count). The number of rotatable bonds is 1. The molecule has 0 atom stereocenters. The molecule has 48 valence electrons. The number of furan rings is 1. The Morgan fingerprint density at radius 2 is 2.33 bits per heavy atom. The minimum absolute atomic E-state index is 0.0208. The molecule has 2 heteroatoms. The molecule has 1 fully saturated rings. The number of hydrogen-bond donors (Lipinski definition) is 1. The summed E-state index contributed by atoms with van der Waals surface area (Å²) in [6.45, 7) is 0. The van der Waals surface area contributed by atoms with E-state index in [1.807, 2.05) is 6.07 Å². The molecule has 0 bridgehead atoms. The molecule has 0 amide bonds. The second kappa shape index (κ2) is 1.39. The van der Waals surface area contributed by atoms with Crippen LogP contribution >= 0.6 is 0 Å². The average molecular weight is 123 g/mol. The van der Waals surface area contributed by atoms with E-state index in [2.05, 4.69) is 0 Å². The van der Waals surface area contributed by atoms with Gasteiger partial charge in [-0.25, -0.2) is 0 Å². The topological polar surface area (TPSA) is 39.2 Å². The van der Waals surface area contributed by atoms with Crippen LogP contribution in [0.2, 0.25) is 0 Å². The highest BCUT2D eigenvalue weighted by molar-refractivity contribution is 5.24. The van der Waals surface area contributed by atoms with Gasteiger partial charge in [0.2, 0.25) is 0 Å². The molecule has 0 aliphatic heterocycles. The van der Waals surface area contributed by atoms with Gasteiger partial charge in [-0.3, -0.25) is 0 Å². The molecule has 1 saturated carbocycles. The molecule has 2 N–H and O–H groups in total. The molecule has 1 aliphatic carbocycles. The molecule has 1 aliphatic rings. The summed E-state index contributed by atoms with van der Waals surface area (Å²) in [5.74, 6) is 0. The third-order valence-electron chi connectivity index (χ3n) is 1.88. The van der Waals surface area contributed by atoms with Crippen molar-refractivity contribution in [2.45, 2.75) is 18.4 Å². The van der Waals surface area contributed by atoms with E-state index >= 15 is 0 Å². The highest BCUT2D eigenvalue weighted by Gasteiger charge is 2.40. The lowest BCUT2D eigenvalue weighted by molar-refractivity contribution is 0.557. The van der Waals surface area contributed by atoms with Crippen LogP contribution in [0.5, 0.6) is 0 Å². The lowest BCUT2D eigenvalue weighted by Gasteiger charge is -2.01. The molecule has 2 nitrogen and oxygen atoms in total. The summed E-state index contributed by atoms with van der Waals surface area (Å²) >= 11 is 0. The van der Waals surface area contributed by atoms with Crippen molar-refractivity contribution in [2.75, 3.05) is 0 Å². The Labute approximate surface area is 53.7 Å². The average Bonchev–Trinajstić information content (AvgIpc) is 2.46.